The Morgan fingerprint density at radius 1 is 1.00 bits per heavy atom. The quantitative estimate of drug-likeness (QED) is 0.320. The summed E-state index contributed by atoms with van der Waals surface area (Å²) in [5.74, 6) is -13.9. The minimum atomic E-state index is -5.36. The summed E-state index contributed by atoms with van der Waals surface area (Å²) in [6.45, 7) is 0. The van der Waals surface area contributed by atoms with Crippen LogP contribution in [-0.4, -0.2) is 32.6 Å². The van der Waals surface area contributed by atoms with E-state index in [0.717, 1.165) is 7.11 Å². The molecule has 28 heavy (non-hydrogen) atoms. The van der Waals surface area contributed by atoms with Gasteiger partial charge in [-0.1, -0.05) is 12.1 Å². The highest BCUT2D eigenvalue weighted by Gasteiger charge is 2.36. The van der Waals surface area contributed by atoms with E-state index in [1.54, 1.807) is 4.72 Å². The second-order valence-electron chi connectivity index (χ2n) is 5.47. The van der Waals surface area contributed by atoms with Crippen molar-refractivity contribution >= 4 is 16.0 Å². The third-order valence-electron chi connectivity index (χ3n) is 3.60. The van der Waals surface area contributed by atoms with Crippen molar-refractivity contribution in [3.05, 3.63) is 58.9 Å². The van der Waals surface area contributed by atoms with Crippen LogP contribution in [0.15, 0.2) is 29.2 Å². The summed E-state index contributed by atoms with van der Waals surface area (Å²) in [5.41, 5.74) is 0.299. The lowest BCUT2D eigenvalue weighted by Crippen LogP contribution is -2.43. The molecule has 12 heteroatoms. The SMILES string of the molecule is COC(=O)[C@H](Cc1ccc(O)cc1)NS(=O)(=O)c1c(F)c(F)c(F)c(F)c1F. The molecule has 0 unspecified atom stereocenters. The first-order valence-electron chi connectivity index (χ1n) is 7.39. The smallest absolute Gasteiger partial charge is 0.324 e. The molecule has 0 aromatic heterocycles. The molecule has 0 radical (unpaired) electrons. The zero-order valence-electron chi connectivity index (χ0n) is 14.0. The molecule has 0 aliphatic carbocycles. The summed E-state index contributed by atoms with van der Waals surface area (Å²) in [5, 5.41) is 9.23. The Morgan fingerprint density at radius 3 is 1.93 bits per heavy atom. The Morgan fingerprint density at radius 2 is 1.46 bits per heavy atom. The number of halogens is 5. The van der Waals surface area contributed by atoms with Gasteiger partial charge in [-0.05, 0) is 24.1 Å². The Balaban J connectivity index is 2.46. The van der Waals surface area contributed by atoms with Gasteiger partial charge in [0.2, 0.25) is 15.8 Å². The van der Waals surface area contributed by atoms with Crippen molar-refractivity contribution in [3.63, 3.8) is 0 Å². The second-order valence-corrected chi connectivity index (χ2v) is 7.12. The zero-order chi connectivity index (χ0) is 21.2. The van der Waals surface area contributed by atoms with E-state index in [9.17, 15) is 40.3 Å². The average molecular weight is 425 g/mol. The Labute approximate surface area is 155 Å². The lowest BCUT2D eigenvalue weighted by molar-refractivity contribution is -0.142. The van der Waals surface area contributed by atoms with Crippen molar-refractivity contribution in [2.24, 2.45) is 0 Å². The summed E-state index contributed by atoms with van der Waals surface area (Å²) in [6, 6.07) is 3.33. The first-order valence-corrected chi connectivity index (χ1v) is 8.87. The predicted octanol–water partition coefficient (Wildman–Crippen LogP) is 2.15. The van der Waals surface area contributed by atoms with E-state index in [1.807, 2.05) is 0 Å². The van der Waals surface area contributed by atoms with Gasteiger partial charge in [0.05, 0.1) is 7.11 Å². The summed E-state index contributed by atoms with van der Waals surface area (Å²) in [4.78, 5) is 9.73. The van der Waals surface area contributed by atoms with Gasteiger partial charge in [0, 0.05) is 0 Å². The Kier molecular flexibility index (Phi) is 6.24. The number of phenolic OH excluding ortho intramolecular Hbond substituents is 1. The van der Waals surface area contributed by atoms with Gasteiger partial charge in [0.15, 0.2) is 28.2 Å². The van der Waals surface area contributed by atoms with E-state index in [4.69, 9.17) is 0 Å². The Bertz CT molecular complexity index is 982. The molecule has 1 atom stereocenters. The number of aromatic hydroxyl groups is 1. The molecule has 0 heterocycles. The second kappa shape index (κ2) is 8.10. The minimum absolute atomic E-state index is 0.125. The molecule has 0 aliphatic rings. The van der Waals surface area contributed by atoms with E-state index < -0.39 is 62.4 Å². The van der Waals surface area contributed by atoms with Gasteiger partial charge in [-0.25, -0.2) is 30.4 Å². The van der Waals surface area contributed by atoms with Crippen LogP contribution >= 0.6 is 0 Å². The van der Waals surface area contributed by atoms with Gasteiger partial charge >= 0.3 is 5.97 Å². The number of phenols is 1. The molecule has 6 nitrogen and oxygen atoms in total. The summed E-state index contributed by atoms with van der Waals surface area (Å²) < 4.78 is 97.9. The van der Waals surface area contributed by atoms with Crippen LogP contribution in [0, 0.1) is 29.1 Å². The van der Waals surface area contributed by atoms with Crippen molar-refractivity contribution in [3.8, 4) is 5.75 Å². The van der Waals surface area contributed by atoms with Crippen LogP contribution in [-0.2, 0) is 26.0 Å². The molecule has 152 valence electrons. The monoisotopic (exact) mass is 425 g/mol. The van der Waals surface area contributed by atoms with E-state index in [2.05, 4.69) is 4.74 Å². The number of esters is 1. The van der Waals surface area contributed by atoms with Crippen LogP contribution in [0.25, 0.3) is 0 Å². The van der Waals surface area contributed by atoms with Gasteiger partial charge in [-0.15, -0.1) is 0 Å². The number of methoxy groups -OCH3 is 1. The van der Waals surface area contributed by atoms with Gasteiger partial charge in [0.1, 0.15) is 11.8 Å². The third-order valence-corrected chi connectivity index (χ3v) is 5.09. The van der Waals surface area contributed by atoms with Crippen LogP contribution in [0.5, 0.6) is 5.75 Å². The fraction of sp³-hybridized carbons (Fsp3) is 0.188. The minimum Gasteiger partial charge on any atom is -0.508 e. The molecular weight excluding hydrogens is 413 g/mol. The molecule has 0 aliphatic heterocycles. The summed E-state index contributed by atoms with van der Waals surface area (Å²) >= 11 is 0. The molecule has 0 bridgehead atoms. The first-order chi connectivity index (χ1) is 13.0. The van der Waals surface area contributed by atoms with Crippen molar-refractivity contribution < 1.29 is 45.0 Å². The molecule has 0 fully saturated rings. The maximum Gasteiger partial charge on any atom is 0.324 e. The molecule has 0 amide bonds. The molecule has 0 saturated carbocycles. The number of hydrogen-bond donors (Lipinski definition) is 2. The zero-order valence-corrected chi connectivity index (χ0v) is 14.8. The van der Waals surface area contributed by atoms with Crippen LogP contribution in [0.2, 0.25) is 0 Å². The number of carbonyl (C=O) groups is 1. The van der Waals surface area contributed by atoms with E-state index in [-0.39, 0.29) is 5.75 Å². The number of benzene rings is 2. The molecule has 2 aromatic carbocycles. The van der Waals surface area contributed by atoms with Gasteiger partial charge < -0.3 is 9.84 Å². The lowest BCUT2D eigenvalue weighted by Gasteiger charge is -2.18. The van der Waals surface area contributed by atoms with E-state index >= 15 is 0 Å². The molecule has 0 saturated heterocycles. The fourth-order valence-corrected chi connectivity index (χ4v) is 3.57. The Hall–Kier alpha value is -2.73. The highest BCUT2D eigenvalue weighted by atomic mass is 32.2. The standard InChI is InChI=1S/C16H12F5NO5S/c1-27-16(24)9(6-7-2-4-8(23)5-3-7)22-28(25,26)15-13(20)11(18)10(17)12(19)14(15)21/h2-5,9,22-23H,6H2,1H3/t9-/m0/s1. The normalized spacial score (nSPS) is 12.6. The highest BCUT2D eigenvalue weighted by Crippen LogP contribution is 2.27. The number of carbonyl (C=O) groups excluding carboxylic acids is 1. The molecule has 0 spiro atoms. The molecular formula is C16H12F5NO5S. The molecule has 2 N–H and O–H groups in total. The predicted molar refractivity (Wildman–Crippen MR) is 84.2 cm³/mol. The lowest BCUT2D eigenvalue weighted by atomic mass is 10.1. The highest BCUT2D eigenvalue weighted by molar-refractivity contribution is 7.89. The first kappa shape index (κ1) is 21.6. The van der Waals surface area contributed by atoms with Crippen molar-refractivity contribution in [2.75, 3.05) is 7.11 Å². The molecule has 2 aromatic rings. The van der Waals surface area contributed by atoms with Crippen molar-refractivity contribution in [1.29, 1.82) is 0 Å². The number of rotatable bonds is 6. The number of sulfonamides is 1. The third kappa shape index (κ3) is 4.22. The van der Waals surface area contributed by atoms with Crippen molar-refractivity contribution in [2.45, 2.75) is 17.4 Å². The number of ether oxygens (including phenoxy) is 1. The fourth-order valence-electron chi connectivity index (χ4n) is 2.25. The van der Waals surface area contributed by atoms with Crippen LogP contribution in [0.4, 0.5) is 22.0 Å². The summed E-state index contributed by atoms with van der Waals surface area (Å²) in [6.07, 6.45) is -0.401. The van der Waals surface area contributed by atoms with E-state index in [1.165, 1.54) is 24.3 Å². The van der Waals surface area contributed by atoms with Gasteiger partial charge in [-0.3, -0.25) is 4.79 Å². The van der Waals surface area contributed by atoms with Gasteiger partial charge in [0.25, 0.3) is 0 Å². The average Bonchev–Trinajstić information content (AvgIpc) is 2.65. The van der Waals surface area contributed by atoms with Crippen molar-refractivity contribution in [1.82, 2.24) is 4.72 Å². The summed E-state index contributed by atoms with van der Waals surface area (Å²) in [7, 11) is -4.46. The van der Waals surface area contributed by atoms with Crippen LogP contribution < -0.4 is 4.72 Å². The van der Waals surface area contributed by atoms with E-state index in [0.29, 0.717) is 5.56 Å². The van der Waals surface area contributed by atoms with Crippen LogP contribution in [0.1, 0.15) is 5.56 Å². The topological polar surface area (TPSA) is 92.7 Å². The van der Waals surface area contributed by atoms with Gasteiger partial charge in [-0.2, -0.15) is 4.72 Å². The van der Waals surface area contributed by atoms with Crippen LogP contribution in [0.3, 0.4) is 0 Å². The maximum absolute atomic E-state index is 13.8. The number of hydrogen-bond acceptors (Lipinski definition) is 5. The molecule has 2 rings (SSSR count). The number of nitrogens with one attached hydrogen (secondary N) is 1. The maximum atomic E-state index is 13.8. The largest absolute Gasteiger partial charge is 0.508 e.